The van der Waals surface area contributed by atoms with Crippen molar-refractivity contribution in [2.24, 2.45) is 0 Å². The van der Waals surface area contributed by atoms with Gasteiger partial charge in [0.25, 0.3) is 0 Å². The summed E-state index contributed by atoms with van der Waals surface area (Å²) in [6.45, 7) is 5.27. The van der Waals surface area contributed by atoms with Crippen molar-refractivity contribution < 1.29 is 32.2 Å². The fourth-order valence-corrected chi connectivity index (χ4v) is 5.28. The number of benzene rings is 4. The zero-order valence-corrected chi connectivity index (χ0v) is 25.8. The van der Waals surface area contributed by atoms with E-state index in [1.165, 1.54) is 17.8 Å². The van der Waals surface area contributed by atoms with Gasteiger partial charge in [0.1, 0.15) is 12.4 Å². The summed E-state index contributed by atoms with van der Waals surface area (Å²) in [5, 5.41) is 5.62. The highest BCUT2D eigenvalue weighted by atomic mass is 19.4. The van der Waals surface area contributed by atoms with Crippen molar-refractivity contribution in [1.29, 1.82) is 0 Å². The summed E-state index contributed by atoms with van der Waals surface area (Å²) in [5.41, 5.74) is 2.91. The van der Waals surface area contributed by atoms with Crippen molar-refractivity contribution in [1.82, 2.24) is 10.2 Å². The molecule has 1 aliphatic rings. The van der Waals surface area contributed by atoms with E-state index in [1.54, 1.807) is 38.5 Å². The molecule has 5 rings (SSSR count). The Morgan fingerprint density at radius 1 is 0.826 bits per heavy atom. The molecule has 8 nitrogen and oxygen atoms in total. The average molecular weight is 635 g/mol. The highest BCUT2D eigenvalue weighted by Crippen LogP contribution is 2.33. The van der Waals surface area contributed by atoms with Crippen LogP contribution in [0.3, 0.4) is 0 Å². The summed E-state index contributed by atoms with van der Waals surface area (Å²) >= 11 is 0. The molecule has 0 radical (unpaired) electrons. The summed E-state index contributed by atoms with van der Waals surface area (Å²) in [4.78, 5) is 17.5. The van der Waals surface area contributed by atoms with E-state index in [1.807, 2.05) is 30.3 Å². The van der Waals surface area contributed by atoms with E-state index in [9.17, 15) is 18.0 Å². The molecule has 2 amide bonds. The molecule has 1 heterocycles. The molecule has 1 saturated heterocycles. The molecule has 0 saturated carbocycles. The van der Waals surface area contributed by atoms with E-state index in [-0.39, 0.29) is 6.54 Å². The van der Waals surface area contributed by atoms with Gasteiger partial charge in [0.15, 0.2) is 11.5 Å². The van der Waals surface area contributed by atoms with E-state index < -0.39 is 17.8 Å². The molecule has 46 heavy (non-hydrogen) atoms. The summed E-state index contributed by atoms with van der Waals surface area (Å²) in [7, 11) is 3.24. The molecule has 4 aromatic rings. The Bertz CT molecular complexity index is 1590. The Kier molecular flexibility index (Phi) is 10.5. The highest BCUT2D eigenvalue weighted by Gasteiger charge is 2.30. The topological polar surface area (TPSA) is 75.3 Å². The number of carbonyl (C=O) groups excluding carboxylic acids is 1. The van der Waals surface area contributed by atoms with Gasteiger partial charge in [-0.1, -0.05) is 36.4 Å². The van der Waals surface area contributed by atoms with Gasteiger partial charge in [-0.15, -0.1) is 0 Å². The van der Waals surface area contributed by atoms with E-state index in [4.69, 9.17) is 14.2 Å². The molecule has 11 heteroatoms. The summed E-state index contributed by atoms with van der Waals surface area (Å²) < 4.78 is 55.8. The smallest absolute Gasteiger partial charge is 0.416 e. The number of anilines is 2. The molecule has 0 spiro atoms. The van der Waals surface area contributed by atoms with E-state index in [0.29, 0.717) is 34.9 Å². The van der Waals surface area contributed by atoms with Crippen LogP contribution in [0.2, 0.25) is 0 Å². The number of piperazine rings is 1. The number of nitrogens with one attached hydrogen (secondary N) is 2. The van der Waals surface area contributed by atoms with Gasteiger partial charge in [-0.05, 0) is 65.7 Å². The first-order valence-electron chi connectivity index (χ1n) is 15.0. The number of ether oxygens (including phenoxy) is 3. The fraction of sp³-hybridized carbons (Fsp3) is 0.286. The van der Waals surface area contributed by atoms with Crippen LogP contribution in [0.4, 0.5) is 29.3 Å². The van der Waals surface area contributed by atoms with Crippen LogP contribution in [-0.2, 0) is 12.7 Å². The molecule has 1 aliphatic heterocycles. The second-order valence-corrected chi connectivity index (χ2v) is 10.8. The summed E-state index contributed by atoms with van der Waals surface area (Å²) in [5.74, 6) is 2.04. The molecule has 0 bridgehead atoms. The Hall–Kier alpha value is -4.90. The molecule has 0 aliphatic carbocycles. The molecule has 0 atom stereocenters. The van der Waals surface area contributed by atoms with Gasteiger partial charge < -0.3 is 29.7 Å². The lowest BCUT2D eigenvalue weighted by Gasteiger charge is -2.36. The van der Waals surface area contributed by atoms with Crippen LogP contribution in [0, 0.1) is 0 Å². The number of alkyl halides is 3. The highest BCUT2D eigenvalue weighted by molar-refractivity contribution is 5.94. The average Bonchev–Trinajstić information content (AvgIpc) is 3.08. The lowest BCUT2D eigenvalue weighted by molar-refractivity contribution is -0.137. The SMILES string of the molecule is COc1ccc(N2CCN(CCOc3ccc(CNC(=O)Nc4ccccc4-c4ccc(C(F)(F)F)cc4)cc3OC)CC2)cc1. The Morgan fingerprint density at radius 2 is 1.54 bits per heavy atom. The van der Waals surface area contributed by atoms with Gasteiger partial charge >= 0.3 is 12.2 Å². The van der Waals surface area contributed by atoms with Crippen LogP contribution in [-0.4, -0.2) is 64.5 Å². The second kappa shape index (κ2) is 14.9. The Morgan fingerprint density at radius 3 is 2.22 bits per heavy atom. The monoisotopic (exact) mass is 634 g/mol. The van der Waals surface area contributed by atoms with Crippen LogP contribution in [0.1, 0.15) is 11.1 Å². The van der Waals surface area contributed by atoms with Crippen LogP contribution in [0.15, 0.2) is 91.0 Å². The minimum atomic E-state index is -4.42. The van der Waals surface area contributed by atoms with Crippen molar-refractivity contribution in [2.45, 2.75) is 12.7 Å². The largest absolute Gasteiger partial charge is 0.497 e. The zero-order chi connectivity index (χ0) is 32.5. The number of halogens is 3. The molecular formula is C35H37F3N4O4. The number of hydrogen-bond acceptors (Lipinski definition) is 6. The van der Waals surface area contributed by atoms with Crippen molar-refractivity contribution in [3.8, 4) is 28.4 Å². The number of carbonyl (C=O) groups is 1. The van der Waals surface area contributed by atoms with E-state index >= 15 is 0 Å². The molecule has 0 unspecified atom stereocenters. The standard InChI is InChI=1S/C35H37F3N4O4/c1-44-29-14-12-28(13-15-29)42-19-17-41(18-20-42)21-22-46-32-16-7-25(23-33(32)45-2)24-39-34(43)40-31-6-4-3-5-30(31)26-8-10-27(11-9-26)35(36,37)38/h3-16,23H,17-22,24H2,1-2H3,(H2,39,40,43). The van der Waals surface area contributed by atoms with Gasteiger partial charge in [-0.2, -0.15) is 13.2 Å². The van der Waals surface area contributed by atoms with Gasteiger partial charge in [-0.3, -0.25) is 4.90 Å². The number of methoxy groups -OCH3 is 2. The maximum atomic E-state index is 13.0. The predicted molar refractivity (Wildman–Crippen MR) is 173 cm³/mol. The number of rotatable bonds is 11. The van der Waals surface area contributed by atoms with Crippen molar-refractivity contribution in [3.05, 3.63) is 102 Å². The quantitative estimate of drug-likeness (QED) is 0.187. The predicted octanol–water partition coefficient (Wildman–Crippen LogP) is 6.91. The minimum absolute atomic E-state index is 0.226. The Labute approximate surface area is 266 Å². The first-order chi connectivity index (χ1) is 22.2. The molecular weight excluding hydrogens is 597 g/mol. The van der Waals surface area contributed by atoms with Crippen molar-refractivity contribution in [3.63, 3.8) is 0 Å². The van der Waals surface area contributed by atoms with Gasteiger partial charge in [0, 0.05) is 50.5 Å². The first kappa shape index (κ1) is 32.5. The number of amides is 2. The molecule has 4 aromatic carbocycles. The minimum Gasteiger partial charge on any atom is -0.497 e. The fourth-order valence-electron chi connectivity index (χ4n) is 5.28. The maximum absolute atomic E-state index is 13.0. The number of para-hydroxylation sites is 1. The van der Waals surface area contributed by atoms with Crippen LogP contribution in [0.5, 0.6) is 17.2 Å². The number of nitrogens with zero attached hydrogens (tertiary/aromatic N) is 2. The third-order valence-electron chi connectivity index (χ3n) is 7.85. The Balaban J connectivity index is 1.09. The van der Waals surface area contributed by atoms with Crippen molar-refractivity contribution in [2.75, 3.05) is 63.8 Å². The van der Waals surface area contributed by atoms with Crippen molar-refractivity contribution >= 4 is 17.4 Å². The van der Waals surface area contributed by atoms with Gasteiger partial charge in [0.2, 0.25) is 0 Å². The third kappa shape index (κ3) is 8.42. The lowest BCUT2D eigenvalue weighted by Crippen LogP contribution is -2.47. The summed E-state index contributed by atoms with van der Waals surface area (Å²) in [6.07, 6.45) is -4.42. The first-order valence-corrected chi connectivity index (χ1v) is 15.0. The van der Waals surface area contributed by atoms with Gasteiger partial charge in [0.05, 0.1) is 25.5 Å². The maximum Gasteiger partial charge on any atom is 0.416 e. The van der Waals surface area contributed by atoms with E-state index in [0.717, 1.165) is 56.2 Å². The number of hydrogen-bond donors (Lipinski definition) is 2. The van der Waals surface area contributed by atoms with Gasteiger partial charge in [-0.25, -0.2) is 4.79 Å². The van der Waals surface area contributed by atoms with Crippen LogP contribution in [0.25, 0.3) is 11.1 Å². The van der Waals surface area contributed by atoms with Crippen LogP contribution >= 0.6 is 0 Å². The normalized spacial score (nSPS) is 13.6. The molecule has 2 N–H and O–H groups in total. The van der Waals surface area contributed by atoms with E-state index in [2.05, 4.69) is 32.6 Å². The molecule has 1 fully saturated rings. The lowest BCUT2D eigenvalue weighted by atomic mass is 10.0. The third-order valence-corrected chi connectivity index (χ3v) is 7.85. The van der Waals surface area contributed by atoms with Crippen LogP contribution < -0.4 is 29.7 Å². The molecule has 242 valence electrons. The summed E-state index contributed by atoms with van der Waals surface area (Å²) in [6, 6.07) is 25.0. The zero-order valence-electron chi connectivity index (χ0n) is 25.8. The number of urea groups is 1. The molecule has 0 aromatic heterocycles. The second-order valence-electron chi connectivity index (χ2n) is 10.8.